The lowest BCUT2D eigenvalue weighted by Gasteiger charge is -2.16. The average Bonchev–Trinajstić information content (AvgIpc) is 2.42. The van der Waals surface area contributed by atoms with Crippen LogP contribution in [-0.4, -0.2) is 33.9 Å². The van der Waals surface area contributed by atoms with Gasteiger partial charge in [0.05, 0.1) is 19.6 Å². The Hall–Kier alpha value is -1.07. The van der Waals surface area contributed by atoms with E-state index in [4.69, 9.17) is 25.8 Å². The lowest BCUT2D eigenvalue weighted by atomic mass is 10.0. The molecular formula is C14H19ClF2O3. The molecule has 0 heterocycles. The van der Waals surface area contributed by atoms with Crippen LogP contribution in [0, 0.1) is 6.92 Å². The predicted octanol–water partition coefficient (Wildman–Crippen LogP) is 3.96. The molecule has 3 nitrogen and oxygen atoms in total. The number of alkyl halides is 3. The summed E-state index contributed by atoms with van der Waals surface area (Å²) in [6.45, 7) is 1.54. The second kappa shape index (κ2) is 8.27. The van der Waals surface area contributed by atoms with Crippen molar-refractivity contribution in [2.45, 2.75) is 25.1 Å². The second-order valence-corrected chi connectivity index (χ2v) is 4.81. The zero-order valence-electron chi connectivity index (χ0n) is 11.8. The molecule has 20 heavy (non-hydrogen) atoms. The summed E-state index contributed by atoms with van der Waals surface area (Å²) < 4.78 is 39.1. The van der Waals surface area contributed by atoms with Crippen LogP contribution in [0.4, 0.5) is 8.78 Å². The maximum atomic E-state index is 11.9. The Labute approximate surface area is 122 Å². The quantitative estimate of drug-likeness (QED) is 0.537. The zero-order chi connectivity index (χ0) is 15.1. The average molecular weight is 309 g/mol. The first kappa shape index (κ1) is 17.0. The van der Waals surface area contributed by atoms with Gasteiger partial charge in [0.15, 0.2) is 11.5 Å². The fraction of sp³-hybridized carbons (Fsp3) is 0.571. The Balaban J connectivity index is 2.69. The van der Waals surface area contributed by atoms with Crippen LogP contribution < -0.4 is 9.47 Å². The Morgan fingerprint density at radius 1 is 1.15 bits per heavy atom. The highest BCUT2D eigenvalue weighted by Gasteiger charge is 2.15. The monoisotopic (exact) mass is 308 g/mol. The van der Waals surface area contributed by atoms with E-state index in [1.807, 2.05) is 13.0 Å². The fourth-order valence-electron chi connectivity index (χ4n) is 1.85. The van der Waals surface area contributed by atoms with Crippen molar-refractivity contribution in [1.29, 1.82) is 0 Å². The Morgan fingerprint density at radius 3 is 2.30 bits per heavy atom. The highest BCUT2D eigenvalue weighted by Crippen LogP contribution is 2.36. The number of hydrogen-bond acceptors (Lipinski definition) is 3. The van der Waals surface area contributed by atoms with Crippen LogP contribution in [0.15, 0.2) is 12.1 Å². The van der Waals surface area contributed by atoms with E-state index in [0.29, 0.717) is 17.9 Å². The van der Waals surface area contributed by atoms with E-state index in [-0.39, 0.29) is 12.0 Å². The van der Waals surface area contributed by atoms with E-state index in [2.05, 4.69) is 0 Å². The summed E-state index contributed by atoms with van der Waals surface area (Å²) in [7, 11) is 3.11. The number of hydrogen-bond donors (Lipinski definition) is 0. The summed E-state index contributed by atoms with van der Waals surface area (Å²) >= 11 is 6.29. The number of ether oxygens (including phenoxy) is 3. The largest absolute Gasteiger partial charge is 0.493 e. The third-order valence-electron chi connectivity index (χ3n) is 2.87. The molecule has 1 aromatic rings. The summed E-state index contributed by atoms with van der Waals surface area (Å²) in [5.41, 5.74) is 1.83. The highest BCUT2D eigenvalue weighted by molar-refractivity contribution is 6.20. The van der Waals surface area contributed by atoms with Gasteiger partial charge in [0, 0.05) is 6.61 Å². The summed E-state index contributed by atoms with van der Waals surface area (Å²) in [6, 6.07) is 3.64. The van der Waals surface area contributed by atoms with Crippen molar-refractivity contribution in [3.8, 4) is 11.5 Å². The molecule has 0 saturated heterocycles. The minimum absolute atomic E-state index is 0.187. The molecule has 0 N–H and O–H groups in total. The van der Waals surface area contributed by atoms with E-state index in [0.717, 1.165) is 11.1 Å². The number of benzene rings is 1. The van der Waals surface area contributed by atoms with Gasteiger partial charge in [-0.15, -0.1) is 11.6 Å². The predicted molar refractivity (Wildman–Crippen MR) is 74.3 cm³/mol. The van der Waals surface area contributed by atoms with Gasteiger partial charge in [-0.05, 0) is 36.6 Å². The Kier molecular flexibility index (Phi) is 7.02. The third-order valence-corrected chi connectivity index (χ3v) is 3.32. The van der Waals surface area contributed by atoms with Gasteiger partial charge in [0.2, 0.25) is 0 Å². The van der Waals surface area contributed by atoms with Gasteiger partial charge in [-0.25, -0.2) is 8.78 Å². The lowest BCUT2D eigenvalue weighted by Crippen LogP contribution is -2.07. The van der Waals surface area contributed by atoms with Gasteiger partial charge >= 0.3 is 0 Å². The standard InChI is InChI=1S/C14H19ClF2O3/c1-9-6-12(18-2)13(19-3)7-10(9)11(15)4-5-20-8-14(16)17/h6-7,11,14H,4-5,8H2,1-3H3. The van der Waals surface area contributed by atoms with Crippen LogP contribution in [0.2, 0.25) is 0 Å². The van der Waals surface area contributed by atoms with Gasteiger partial charge < -0.3 is 14.2 Å². The molecule has 0 aromatic heterocycles. The number of halogens is 3. The normalized spacial score (nSPS) is 12.6. The van der Waals surface area contributed by atoms with Crippen molar-refractivity contribution in [2.75, 3.05) is 27.4 Å². The molecule has 6 heteroatoms. The first-order valence-corrected chi connectivity index (χ1v) is 6.65. The topological polar surface area (TPSA) is 27.7 Å². The molecule has 114 valence electrons. The third kappa shape index (κ3) is 4.80. The first-order chi connectivity index (χ1) is 9.49. The van der Waals surface area contributed by atoms with Crippen LogP contribution >= 0.6 is 11.6 Å². The van der Waals surface area contributed by atoms with Crippen molar-refractivity contribution in [3.05, 3.63) is 23.3 Å². The molecule has 0 spiro atoms. The SMILES string of the molecule is COc1cc(C)c(C(Cl)CCOCC(F)F)cc1OC. The molecule has 0 amide bonds. The van der Waals surface area contributed by atoms with Crippen molar-refractivity contribution in [1.82, 2.24) is 0 Å². The molecule has 0 aliphatic heterocycles. The van der Waals surface area contributed by atoms with E-state index >= 15 is 0 Å². The molecule has 0 radical (unpaired) electrons. The number of aryl methyl sites for hydroxylation is 1. The smallest absolute Gasteiger partial charge is 0.261 e. The van der Waals surface area contributed by atoms with E-state index in [1.165, 1.54) is 0 Å². The van der Waals surface area contributed by atoms with Crippen LogP contribution in [0.25, 0.3) is 0 Å². The fourth-order valence-corrected chi connectivity index (χ4v) is 2.17. The highest BCUT2D eigenvalue weighted by atomic mass is 35.5. The summed E-state index contributed by atoms with van der Waals surface area (Å²) in [5, 5.41) is -0.326. The molecule has 0 aliphatic carbocycles. The molecule has 0 saturated carbocycles. The van der Waals surface area contributed by atoms with Crippen molar-refractivity contribution >= 4 is 11.6 Å². The second-order valence-electron chi connectivity index (χ2n) is 4.29. The maximum absolute atomic E-state index is 11.9. The maximum Gasteiger partial charge on any atom is 0.261 e. The summed E-state index contributed by atoms with van der Waals surface area (Å²) in [6.07, 6.45) is -2.00. The molecule has 0 bridgehead atoms. The summed E-state index contributed by atoms with van der Waals surface area (Å²) in [5.74, 6) is 1.22. The molecular weight excluding hydrogens is 290 g/mol. The number of methoxy groups -OCH3 is 2. The molecule has 1 rings (SSSR count). The van der Waals surface area contributed by atoms with Crippen LogP contribution in [0.5, 0.6) is 11.5 Å². The molecule has 0 aliphatic rings. The van der Waals surface area contributed by atoms with Gasteiger partial charge in [0.1, 0.15) is 6.61 Å². The van der Waals surface area contributed by atoms with Gasteiger partial charge in [-0.1, -0.05) is 0 Å². The van der Waals surface area contributed by atoms with Crippen LogP contribution in [0.3, 0.4) is 0 Å². The van der Waals surface area contributed by atoms with Gasteiger partial charge in [0.25, 0.3) is 6.43 Å². The summed E-state index contributed by atoms with van der Waals surface area (Å²) in [4.78, 5) is 0. The first-order valence-electron chi connectivity index (χ1n) is 6.22. The van der Waals surface area contributed by atoms with Crippen LogP contribution in [0.1, 0.15) is 22.9 Å². The van der Waals surface area contributed by atoms with E-state index in [1.54, 1.807) is 20.3 Å². The van der Waals surface area contributed by atoms with Gasteiger partial charge in [-0.3, -0.25) is 0 Å². The Morgan fingerprint density at radius 2 is 1.75 bits per heavy atom. The molecule has 1 unspecified atom stereocenters. The zero-order valence-corrected chi connectivity index (χ0v) is 12.5. The minimum atomic E-state index is -2.45. The van der Waals surface area contributed by atoms with Crippen molar-refractivity contribution < 1.29 is 23.0 Å². The lowest BCUT2D eigenvalue weighted by molar-refractivity contribution is 0.0165. The minimum Gasteiger partial charge on any atom is -0.493 e. The molecule has 1 atom stereocenters. The molecule has 1 aromatic carbocycles. The van der Waals surface area contributed by atoms with E-state index < -0.39 is 13.0 Å². The van der Waals surface area contributed by atoms with Gasteiger partial charge in [-0.2, -0.15) is 0 Å². The van der Waals surface area contributed by atoms with Crippen molar-refractivity contribution in [2.24, 2.45) is 0 Å². The number of rotatable bonds is 8. The van der Waals surface area contributed by atoms with Crippen LogP contribution in [-0.2, 0) is 4.74 Å². The Bertz CT molecular complexity index is 427. The molecule has 0 fully saturated rings. The van der Waals surface area contributed by atoms with Crippen molar-refractivity contribution in [3.63, 3.8) is 0 Å². The van der Waals surface area contributed by atoms with E-state index in [9.17, 15) is 8.78 Å².